The molecule has 0 aliphatic carbocycles. The molecule has 132 valence electrons. The van der Waals surface area contributed by atoms with Crippen LogP contribution in [0.1, 0.15) is 23.6 Å². The molecule has 0 atom stereocenters. The summed E-state index contributed by atoms with van der Waals surface area (Å²) in [5.41, 5.74) is 1.09. The predicted molar refractivity (Wildman–Crippen MR) is 87.1 cm³/mol. The number of nitrogens with two attached hydrogens (primary N) is 1. The highest BCUT2D eigenvalue weighted by Gasteiger charge is 2.20. The number of aromatic nitrogens is 2. The third-order valence-electron chi connectivity index (χ3n) is 3.68. The maximum Gasteiger partial charge on any atom is 0.282 e. The lowest BCUT2D eigenvalue weighted by Gasteiger charge is -2.07. The minimum absolute atomic E-state index is 0.0747. The first-order valence-electron chi connectivity index (χ1n) is 7.25. The summed E-state index contributed by atoms with van der Waals surface area (Å²) in [4.78, 5) is -0.0747. The molecule has 1 aromatic carbocycles. The van der Waals surface area contributed by atoms with Crippen LogP contribution in [0.4, 0.5) is 8.78 Å². The largest absolute Gasteiger partial charge is 0.466 e. The SMILES string of the molecule is Cc1cc(-c2cc(C(F)F)nn2-c2ccc(S(N)(=O)=O)cc2)c(C)o1. The summed E-state index contributed by atoms with van der Waals surface area (Å²) in [6.07, 6.45) is -2.74. The van der Waals surface area contributed by atoms with Crippen LogP contribution >= 0.6 is 0 Å². The molecule has 2 N–H and O–H groups in total. The van der Waals surface area contributed by atoms with E-state index in [1.807, 2.05) is 0 Å². The van der Waals surface area contributed by atoms with Gasteiger partial charge in [0.2, 0.25) is 10.0 Å². The van der Waals surface area contributed by atoms with Gasteiger partial charge in [0.1, 0.15) is 17.2 Å². The number of alkyl halides is 2. The summed E-state index contributed by atoms with van der Waals surface area (Å²) in [7, 11) is -3.84. The van der Waals surface area contributed by atoms with Crippen molar-refractivity contribution in [2.75, 3.05) is 0 Å². The van der Waals surface area contributed by atoms with Crippen molar-refractivity contribution in [2.45, 2.75) is 25.2 Å². The second kappa shape index (κ2) is 6.08. The Kier molecular flexibility index (Phi) is 4.21. The number of hydrogen-bond donors (Lipinski definition) is 1. The summed E-state index contributed by atoms with van der Waals surface area (Å²) < 4.78 is 55.7. The number of aryl methyl sites for hydroxylation is 2. The molecule has 0 aliphatic rings. The summed E-state index contributed by atoms with van der Waals surface area (Å²) in [6.45, 7) is 3.48. The minimum atomic E-state index is -3.84. The molecular formula is C16H15F2N3O3S. The van der Waals surface area contributed by atoms with Gasteiger partial charge in [0.15, 0.2) is 0 Å². The molecule has 0 amide bonds. The number of sulfonamides is 1. The Morgan fingerprint density at radius 2 is 1.80 bits per heavy atom. The van der Waals surface area contributed by atoms with Crippen molar-refractivity contribution in [1.82, 2.24) is 9.78 Å². The molecule has 9 heteroatoms. The summed E-state index contributed by atoms with van der Waals surface area (Å²) >= 11 is 0. The quantitative estimate of drug-likeness (QED) is 0.766. The van der Waals surface area contributed by atoms with Gasteiger partial charge in [-0.2, -0.15) is 5.10 Å². The fourth-order valence-electron chi connectivity index (χ4n) is 2.56. The van der Waals surface area contributed by atoms with Gasteiger partial charge in [-0.3, -0.25) is 0 Å². The Morgan fingerprint density at radius 1 is 1.16 bits per heavy atom. The van der Waals surface area contributed by atoms with Crippen LogP contribution in [0.15, 0.2) is 45.7 Å². The summed E-state index contributed by atoms with van der Waals surface area (Å²) in [5.74, 6) is 1.21. The number of halogens is 2. The van der Waals surface area contributed by atoms with Crippen LogP contribution in [0.3, 0.4) is 0 Å². The highest BCUT2D eigenvalue weighted by atomic mass is 32.2. The van der Waals surface area contributed by atoms with Crippen LogP contribution in [-0.2, 0) is 10.0 Å². The van der Waals surface area contributed by atoms with Crippen molar-refractivity contribution in [1.29, 1.82) is 0 Å². The molecule has 0 aliphatic heterocycles. The maximum absolute atomic E-state index is 13.1. The number of primary sulfonamides is 1. The number of nitrogens with zero attached hydrogens (tertiary/aromatic N) is 2. The van der Waals surface area contributed by atoms with E-state index in [9.17, 15) is 17.2 Å². The molecule has 2 aromatic heterocycles. The van der Waals surface area contributed by atoms with E-state index in [2.05, 4.69) is 5.10 Å². The Hall–Kier alpha value is -2.52. The molecular weight excluding hydrogens is 352 g/mol. The predicted octanol–water partition coefficient (Wildman–Crippen LogP) is 3.33. The third-order valence-corrected chi connectivity index (χ3v) is 4.61. The second-order valence-electron chi connectivity index (χ2n) is 5.53. The van der Waals surface area contributed by atoms with Gasteiger partial charge in [-0.25, -0.2) is 27.0 Å². The zero-order chi connectivity index (χ0) is 18.4. The number of benzene rings is 1. The number of furan rings is 1. The molecule has 3 rings (SSSR count). The van der Waals surface area contributed by atoms with Crippen molar-refractivity contribution in [3.05, 3.63) is 53.6 Å². The zero-order valence-corrected chi connectivity index (χ0v) is 14.2. The van der Waals surface area contributed by atoms with E-state index in [0.717, 1.165) is 0 Å². The zero-order valence-electron chi connectivity index (χ0n) is 13.4. The van der Waals surface area contributed by atoms with Crippen LogP contribution in [-0.4, -0.2) is 18.2 Å². The van der Waals surface area contributed by atoms with Crippen LogP contribution < -0.4 is 5.14 Å². The molecule has 0 bridgehead atoms. The van der Waals surface area contributed by atoms with Gasteiger partial charge in [0, 0.05) is 5.56 Å². The lowest BCUT2D eigenvalue weighted by Crippen LogP contribution is -2.12. The lowest BCUT2D eigenvalue weighted by atomic mass is 10.1. The smallest absolute Gasteiger partial charge is 0.282 e. The molecule has 0 saturated carbocycles. The van der Waals surface area contributed by atoms with Crippen molar-refractivity contribution < 1.29 is 21.6 Å². The molecule has 25 heavy (non-hydrogen) atoms. The highest BCUT2D eigenvalue weighted by molar-refractivity contribution is 7.89. The van der Waals surface area contributed by atoms with Gasteiger partial charge >= 0.3 is 0 Å². The van der Waals surface area contributed by atoms with Crippen LogP contribution in [0.25, 0.3) is 16.9 Å². The first-order valence-corrected chi connectivity index (χ1v) is 8.80. The fraction of sp³-hybridized carbons (Fsp3) is 0.188. The van der Waals surface area contributed by atoms with E-state index in [1.165, 1.54) is 35.0 Å². The van der Waals surface area contributed by atoms with Gasteiger partial charge in [0.25, 0.3) is 6.43 Å². The first-order chi connectivity index (χ1) is 11.7. The Morgan fingerprint density at radius 3 is 2.28 bits per heavy atom. The van der Waals surface area contributed by atoms with E-state index in [1.54, 1.807) is 19.9 Å². The Balaban J connectivity index is 2.17. The monoisotopic (exact) mass is 367 g/mol. The van der Waals surface area contributed by atoms with Crippen molar-refractivity contribution in [3.63, 3.8) is 0 Å². The van der Waals surface area contributed by atoms with E-state index in [-0.39, 0.29) is 10.6 Å². The highest BCUT2D eigenvalue weighted by Crippen LogP contribution is 2.32. The Labute approximate surface area is 142 Å². The molecule has 0 fully saturated rings. The van der Waals surface area contributed by atoms with Crippen molar-refractivity contribution >= 4 is 10.0 Å². The number of hydrogen-bond acceptors (Lipinski definition) is 4. The van der Waals surface area contributed by atoms with Crippen LogP contribution in [0.2, 0.25) is 0 Å². The molecule has 0 radical (unpaired) electrons. The van der Waals surface area contributed by atoms with E-state index >= 15 is 0 Å². The number of rotatable bonds is 4. The third kappa shape index (κ3) is 3.33. The molecule has 3 aromatic rings. The minimum Gasteiger partial charge on any atom is -0.466 e. The van der Waals surface area contributed by atoms with E-state index < -0.39 is 16.4 Å². The average molecular weight is 367 g/mol. The summed E-state index contributed by atoms with van der Waals surface area (Å²) in [5, 5.41) is 9.01. The van der Waals surface area contributed by atoms with Crippen molar-refractivity contribution in [3.8, 4) is 16.9 Å². The molecule has 2 heterocycles. The normalized spacial score (nSPS) is 12.1. The second-order valence-corrected chi connectivity index (χ2v) is 7.09. The van der Waals surface area contributed by atoms with Crippen molar-refractivity contribution in [2.24, 2.45) is 5.14 Å². The first kappa shape index (κ1) is 17.3. The van der Waals surface area contributed by atoms with Gasteiger partial charge in [0.05, 0.1) is 16.3 Å². The lowest BCUT2D eigenvalue weighted by molar-refractivity contribution is 0.145. The van der Waals surface area contributed by atoms with Gasteiger partial charge in [-0.05, 0) is 50.2 Å². The standard InChI is InChI=1S/C16H15F2N3O3S/c1-9-7-13(10(2)24-9)15-8-14(16(17)18)20-21(15)11-3-5-12(6-4-11)25(19,22)23/h3-8,16H,1-2H3,(H2,19,22,23). The summed E-state index contributed by atoms with van der Waals surface area (Å²) in [6, 6.07) is 8.52. The average Bonchev–Trinajstić information content (AvgIpc) is 3.09. The van der Waals surface area contributed by atoms with Gasteiger partial charge < -0.3 is 4.42 Å². The van der Waals surface area contributed by atoms with Crippen LogP contribution in [0, 0.1) is 13.8 Å². The van der Waals surface area contributed by atoms with E-state index in [0.29, 0.717) is 28.5 Å². The Bertz CT molecular complexity index is 1020. The van der Waals surface area contributed by atoms with Gasteiger partial charge in [-0.15, -0.1) is 0 Å². The van der Waals surface area contributed by atoms with Gasteiger partial charge in [-0.1, -0.05) is 0 Å². The maximum atomic E-state index is 13.1. The topological polar surface area (TPSA) is 91.1 Å². The molecule has 6 nitrogen and oxygen atoms in total. The van der Waals surface area contributed by atoms with Crippen LogP contribution in [0.5, 0.6) is 0 Å². The van der Waals surface area contributed by atoms with E-state index in [4.69, 9.17) is 9.56 Å². The molecule has 0 unspecified atom stereocenters. The molecule has 0 saturated heterocycles. The molecule has 0 spiro atoms. The fourth-order valence-corrected chi connectivity index (χ4v) is 3.07.